The Bertz CT molecular complexity index is 548. The summed E-state index contributed by atoms with van der Waals surface area (Å²) in [6, 6.07) is 10.2. The Kier molecular flexibility index (Phi) is 3.24. The molecule has 1 aromatic heterocycles. The van der Waals surface area contributed by atoms with Gasteiger partial charge in [-0.1, -0.05) is 30.9 Å². The summed E-state index contributed by atoms with van der Waals surface area (Å²) in [7, 11) is 0. The lowest BCUT2D eigenvalue weighted by atomic mass is 10.2. The molecule has 1 heterocycles. The lowest BCUT2D eigenvalue weighted by Crippen LogP contribution is -1.99. The second kappa shape index (κ2) is 4.83. The fraction of sp³-hybridized carbons (Fsp3) is 0.133. The van der Waals surface area contributed by atoms with Crippen molar-refractivity contribution in [3.8, 4) is 5.69 Å². The molecule has 2 aromatic rings. The van der Waals surface area contributed by atoms with Crippen LogP contribution in [0.5, 0.6) is 0 Å². The van der Waals surface area contributed by atoms with Crippen LogP contribution in [0.3, 0.4) is 0 Å². The maximum Gasteiger partial charge on any atom is 0.111 e. The summed E-state index contributed by atoms with van der Waals surface area (Å²) in [6.07, 6.45) is 5.87. The maximum absolute atomic E-state index is 4.52. The fourth-order valence-electron chi connectivity index (χ4n) is 1.94. The largest absolute Gasteiger partial charge is 0.297 e. The van der Waals surface area contributed by atoms with Crippen LogP contribution in [0.2, 0.25) is 0 Å². The van der Waals surface area contributed by atoms with Crippen LogP contribution in [0.4, 0.5) is 0 Å². The molecule has 86 valence electrons. The lowest BCUT2D eigenvalue weighted by molar-refractivity contribution is 0.966. The normalized spacial score (nSPS) is 10.9. The molecule has 2 nitrogen and oxygen atoms in total. The quantitative estimate of drug-likeness (QED) is 0.774. The van der Waals surface area contributed by atoms with Gasteiger partial charge in [0.25, 0.3) is 0 Å². The molecule has 1 aromatic carbocycles. The van der Waals surface area contributed by atoms with Crippen molar-refractivity contribution in [2.45, 2.75) is 13.8 Å². The van der Waals surface area contributed by atoms with Crippen LogP contribution in [-0.4, -0.2) is 9.55 Å². The van der Waals surface area contributed by atoms with E-state index in [9.17, 15) is 0 Å². The third-order valence-corrected chi connectivity index (χ3v) is 2.64. The first-order valence-corrected chi connectivity index (χ1v) is 5.67. The maximum atomic E-state index is 4.52. The van der Waals surface area contributed by atoms with Crippen LogP contribution in [0.1, 0.15) is 24.1 Å². The molecule has 0 saturated carbocycles. The summed E-state index contributed by atoms with van der Waals surface area (Å²) >= 11 is 0. The Balaban J connectivity index is 2.68. The van der Waals surface area contributed by atoms with Gasteiger partial charge in [-0.25, -0.2) is 4.98 Å². The summed E-state index contributed by atoms with van der Waals surface area (Å²) in [5.41, 5.74) is 3.12. The molecule has 0 aliphatic rings. The molecule has 0 radical (unpaired) electrons. The smallest absolute Gasteiger partial charge is 0.111 e. The van der Waals surface area contributed by atoms with Gasteiger partial charge in [-0.3, -0.25) is 4.57 Å². The third kappa shape index (κ3) is 2.07. The number of imidazole rings is 1. The average Bonchev–Trinajstić information content (AvgIpc) is 2.67. The topological polar surface area (TPSA) is 17.8 Å². The summed E-state index contributed by atoms with van der Waals surface area (Å²) < 4.78 is 2.14. The molecule has 0 bridgehead atoms. The van der Waals surface area contributed by atoms with Crippen molar-refractivity contribution in [3.05, 3.63) is 60.2 Å². The van der Waals surface area contributed by atoms with Crippen LogP contribution < -0.4 is 0 Å². The van der Waals surface area contributed by atoms with E-state index in [2.05, 4.69) is 34.3 Å². The van der Waals surface area contributed by atoms with E-state index in [1.807, 2.05) is 38.1 Å². The highest BCUT2D eigenvalue weighted by Gasteiger charge is 2.10. The molecule has 0 spiro atoms. The number of nitrogens with zero attached hydrogens (tertiary/aromatic N) is 2. The highest BCUT2D eigenvalue weighted by Crippen LogP contribution is 2.20. The van der Waals surface area contributed by atoms with E-state index >= 15 is 0 Å². The Morgan fingerprint density at radius 2 is 1.94 bits per heavy atom. The van der Waals surface area contributed by atoms with Crippen LogP contribution in [0, 0.1) is 6.92 Å². The van der Waals surface area contributed by atoms with Crippen molar-refractivity contribution in [1.82, 2.24) is 9.55 Å². The van der Waals surface area contributed by atoms with Crippen molar-refractivity contribution in [2.24, 2.45) is 0 Å². The minimum absolute atomic E-state index is 0.921. The van der Waals surface area contributed by atoms with E-state index in [1.165, 1.54) is 0 Å². The standard InChI is InChI=1S/C15H16N2/c1-4-9-15-14(5-2)16-12(3)17(15)13-10-7-6-8-11-13/h4-11H,2H2,1,3H3/b9-4-. The monoisotopic (exact) mass is 224 g/mol. The first-order chi connectivity index (χ1) is 8.27. The Morgan fingerprint density at radius 3 is 2.53 bits per heavy atom. The van der Waals surface area contributed by atoms with Gasteiger partial charge in [-0.15, -0.1) is 0 Å². The predicted octanol–water partition coefficient (Wildman–Crippen LogP) is 3.86. The number of allylic oxidation sites excluding steroid dienone is 1. The highest BCUT2D eigenvalue weighted by molar-refractivity contribution is 5.62. The van der Waals surface area contributed by atoms with Crippen molar-refractivity contribution >= 4 is 12.2 Å². The van der Waals surface area contributed by atoms with Crippen LogP contribution in [0.25, 0.3) is 17.8 Å². The molecular weight excluding hydrogens is 208 g/mol. The van der Waals surface area contributed by atoms with Gasteiger partial charge in [0.05, 0.1) is 11.4 Å². The van der Waals surface area contributed by atoms with E-state index in [4.69, 9.17) is 0 Å². The van der Waals surface area contributed by atoms with Gasteiger partial charge in [0.15, 0.2) is 0 Å². The molecule has 0 aliphatic heterocycles. The highest BCUT2D eigenvalue weighted by atomic mass is 15.1. The van der Waals surface area contributed by atoms with Gasteiger partial charge < -0.3 is 0 Å². The average molecular weight is 224 g/mol. The molecule has 0 aliphatic carbocycles. The molecular formula is C15H16N2. The van der Waals surface area contributed by atoms with E-state index in [-0.39, 0.29) is 0 Å². The van der Waals surface area contributed by atoms with Crippen molar-refractivity contribution in [3.63, 3.8) is 0 Å². The van der Waals surface area contributed by atoms with Gasteiger partial charge in [0.1, 0.15) is 5.82 Å². The molecule has 0 amide bonds. The van der Waals surface area contributed by atoms with Crippen molar-refractivity contribution < 1.29 is 0 Å². The molecule has 0 unspecified atom stereocenters. The van der Waals surface area contributed by atoms with Gasteiger partial charge in [0.2, 0.25) is 0 Å². The van der Waals surface area contributed by atoms with Crippen LogP contribution in [-0.2, 0) is 0 Å². The summed E-state index contributed by atoms with van der Waals surface area (Å²) in [5, 5.41) is 0. The summed E-state index contributed by atoms with van der Waals surface area (Å²) in [5.74, 6) is 0.971. The van der Waals surface area contributed by atoms with E-state index in [0.29, 0.717) is 0 Å². The number of hydrogen-bond acceptors (Lipinski definition) is 1. The van der Waals surface area contributed by atoms with Gasteiger partial charge >= 0.3 is 0 Å². The fourth-order valence-corrected chi connectivity index (χ4v) is 1.94. The zero-order valence-corrected chi connectivity index (χ0v) is 10.2. The number of aryl methyl sites for hydroxylation is 1. The SMILES string of the molecule is C=Cc1nc(C)n(-c2ccccc2)c1/C=C\C. The number of benzene rings is 1. The minimum atomic E-state index is 0.921. The number of para-hydroxylation sites is 1. The molecule has 2 heteroatoms. The van der Waals surface area contributed by atoms with Crippen molar-refractivity contribution in [2.75, 3.05) is 0 Å². The zero-order valence-electron chi connectivity index (χ0n) is 10.2. The molecule has 0 saturated heterocycles. The molecule has 17 heavy (non-hydrogen) atoms. The predicted molar refractivity (Wildman–Crippen MR) is 73.1 cm³/mol. The second-order valence-electron chi connectivity index (χ2n) is 3.80. The first kappa shape index (κ1) is 11.4. The van der Waals surface area contributed by atoms with Gasteiger partial charge in [-0.2, -0.15) is 0 Å². The van der Waals surface area contributed by atoms with Gasteiger partial charge in [0, 0.05) is 5.69 Å². The van der Waals surface area contributed by atoms with Crippen LogP contribution >= 0.6 is 0 Å². The van der Waals surface area contributed by atoms with Gasteiger partial charge in [-0.05, 0) is 38.1 Å². The van der Waals surface area contributed by atoms with Crippen molar-refractivity contribution in [1.29, 1.82) is 0 Å². The van der Waals surface area contributed by atoms with E-state index in [0.717, 1.165) is 22.9 Å². The number of hydrogen-bond donors (Lipinski definition) is 0. The summed E-state index contributed by atoms with van der Waals surface area (Å²) in [6.45, 7) is 7.82. The Morgan fingerprint density at radius 1 is 1.24 bits per heavy atom. The third-order valence-electron chi connectivity index (χ3n) is 2.64. The Labute approximate surface area is 102 Å². The molecule has 0 fully saturated rings. The van der Waals surface area contributed by atoms with E-state index < -0.39 is 0 Å². The van der Waals surface area contributed by atoms with E-state index in [1.54, 1.807) is 6.08 Å². The molecule has 0 atom stereocenters. The second-order valence-corrected chi connectivity index (χ2v) is 3.80. The number of rotatable bonds is 3. The molecule has 2 rings (SSSR count). The van der Waals surface area contributed by atoms with Crippen LogP contribution in [0.15, 0.2) is 43.0 Å². The minimum Gasteiger partial charge on any atom is -0.297 e. The number of aromatic nitrogens is 2. The lowest BCUT2D eigenvalue weighted by Gasteiger charge is -2.07. The Hall–Kier alpha value is -2.09. The summed E-state index contributed by atoms with van der Waals surface area (Å²) in [4.78, 5) is 4.52. The molecule has 0 N–H and O–H groups in total. The first-order valence-electron chi connectivity index (χ1n) is 5.67. The zero-order chi connectivity index (χ0) is 12.3.